The Kier molecular flexibility index (Phi) is 5.33. The Bertz CT molecular complexity index is 620. The fraction of sp³-hybridized carbons (Fsp3) is 0.250. The third-order valence-corrected chi connectivity index (χ3v) is 4.04. The summed E-state index contributed by atoms with van der Waals surface area (Å²) in [5, 5.41) is 12.2. The lowest BCUT2D eigenvalue weighted by Gasteiger charge is -2.07. The Morgan fingerprint density at radius 2 is 2.30 bits per heavy atom. The van der Waals surface area contributed by atoms with Crippen LogP contribution >= 0.6 is 38.9 Å². The van der Waals surface area contributed by atoms with E-state index in [2.05, 4.69) is 31.4 Å². The largest absolute Gasteiger partial charge is 0.482 e. The number of hydrogen-bond acceptors (Lipinski definition) is 5. The van der Waals surface area contributed by atoms with Gasteiger partial charge in [-0.25, -0.2) is 0 Å². The first-order chi connectivity index (χ1) is 9.58. The molecule has 1 aromatic heterocycles. The lowest BCUT2D eigenvalue weighted by Crippen LogP contribution is -2.20. The number of hydrogen-bond donors (Lipinski definition) is 1. The molecule has 5 nitrogen and oxygen atoms in total. The SMILES string of the molecule is CCc1nnc(NC(=O)COc2ccc(Br)cc2Cl)s1. The summed E-state index contributed by atoms with van der Waals surface area (Å²) in [5.41, 5.74) is 0. The second kappa shape index (κ2) is 7.01. The van der Waals surface area contributed by atoms with E-state index in [0.29, 0.717) is 15.9 Å². The van der Waals surface area contributed by atoms with Crippen molar-refractivity contribution in [3.63, 3.8) is 0 Å². The van der Waals surface area contributed by atoms with Gasteiger partial charge in [0.2, 0.25) is 5.13 Å². The van der Waals surface area contributed by atoms with Crippen molar-refractivity contribution >= 4 is 49.9 Å². The van der Waals surface area contributed by atoms with Gasteiger partial charge in [-0.05, 0) is 24.6 Å². The first-order valence-corrected chi connectivity index (χ1v) is 7.77. The molecule has 0 fully saturated rings. The number of nitrogens with one attached hydrogen (secondary N) is 1. The average Bonchev–Trinajstić information content (AvgIpc) is 2.85. The zero-order valence-corrected chi connectivity index (χ0v) is 13.7. The molecule has 1 heterocycles. The van der Waals surface area contributed by atoms with Crippen molar-refractivity contribution in [3.8, 4) is 5.75 Å². The molecule has 8 heteroatoms. The van der Waals surface area contributed by atoms with Crippen LogP contribution in [-0.4, -0.2) is 22.7 Å². The van der Waals surface area contributed by atoms with E-state index in [4.69, 9.17) is 16.3 Å². The highest BCUT2D eigenvalue weighted by molar-refractivity contribution is 9.10. The number of amides is 1. The van der Waals surface area contributed by atoms with Crippen molar-refractivity contribution in [3.05, 3.63) is 32.7 Å². The van der Waals surface area contributed by atoms with Crippen LogP contribution in [-0.2, 0) is 11.2 Å². The van der Waals surface area contributed by atoms with Crippen molar-refractivity contribution in [2.45, 2.75) is 13.3 Å². The number of carbonyl (C=O) groups is 1. The summed E-state index contributed by atoms with van der Waals surface area (Å²) in [4.78, 5) is 11.7. The highest BCUT2D eigenvalue weighted by Crippen LogP contribution is 2.27. The molecule has 1 amide bonds. The van der Waals surface area contributed by atoms with Gasteiger partial charge in [0.25, 0.3) is 5.91 Å². The molecule has 0 aliphatic carbocycles. The van der Waals surface area contributed by atoms with Crippen molar-refractivity contribution in [1.82, 2.24) is 10.2 Å². The number of nitrogens with zero attached hydrogens (tertiary/aromatic N) is 2. The highest BCUT2D eigenvalue weighted by atomic mass is 79.9. The predicted octanol–water partition coefficient (Wildman–Crippen LogP) is 3.53. The van der Waals surface area contributed by atoms with Gasteiger partial charge in [-0.3, -0.25) is 10.1 Å². The summed E-state index contributed by atoms with van der Waals surface area (Å²) >= 11 is 10.6. The molecule has 2 rings (SSSR count). The van der Waals surface area contributed by atoms with Crippen LogP contribution in [0.5, 0.6) is 5.75 Å². The summed E-state index contributed by atoms with van der Waals surface area (Å²) in [6, 6.07) is 5.18. The molecule has 0 bridgehead atoms. The van der Waals surface area contributed by atoms with Gasteiger partial charge in [-0.2, -0.15) is 0 Å². The zero-order valence-electron chi connectivity index (χ0n) is 10.5. The summed E-state index contributed by atoms with van der Waals surface area (Å²) < 4.78 is 6.20. The van der Waals surface area contributed by atoms with Gasteiger partial charge >= 0.3 is 0 Å². The topological polar surface area (TPSA) is 64.1 Å². The van der Waals surface area contributed by atoms with Gasteiger partial charge in [0.1, 0.15) is 10.8 Å². The second-order valence-electron chi connectivity index (χ2n) is 3.77. The van der Waals surface area contributed by atoms with Crippen LogP contribution < -0.4 is 10.1 Å². The van der Waals surface area contributed by atoms with Gasteiger partial charge in [0, 0.05) is 4.47 Å². The number of carbonyl (C=O) groups excluding carboxylic acids is 1. The number of anilines is 1. The standard InChI is InChI=1S/C12H11BrClN3O2S/c1-2-11-16-17-12(20-11)15-10(18)6-19-9-4-3-7(13)5-8(9)14/h3-5H,2,6H2,1H3,(H,15,17,18). The van der Waals surface area contributed by atoms with E-state index >= 15 is 0 Å². The molecule has 1 aromatic carbocycles. The fourth-order valence-electron chi connectivity index (χ4n) is 1.34. The monoisotopic (exact) mass is 375 g/mol. The molecule has 1 N–H and O–H groups in total. The number of halogens is 2. The van der Waals surface area contributed by atoms with Gasteiger partial charge in [-0.15, -0.1) is 10.2 Å². The lowest BCUT2D eigenvalue weighted by atomic mass is 10.3. The molecule has 0 spiro atoms. The molecule has 0 saturated carbocycles. The molecular formula is C12H11BrClN3O2S. The molecular weight excluding hydrogens is 366 g/mol. The van der Waals surface area contributed by atoms with Crippen LogP contribution in [0.15, 0.2) is 22.7 Å². The van der Waals surface area contributed by atoms with Crippen LogP contribution in [0.25, 0.3) is 0 Å². The van der Waals surface area contributed by atoms with E-state index in [1.807, 2.05) is 6.92 Å². The van der Waals surface area contributed by atoms with Crippen LogP contribution in [0.2, 0.25) is 5.02 Å². The molecule has 0 unspecified atom stereocenters. The second-order valence-corrected chi connectivity index (χ2v) is 6.15. The van der Waals surface area contributed by atoms with Crippen LogP contribution in [0.4, 0.5) is 5.13 Å². The van der Waals surface area contributed by atoms with E-state index in [0.717, 1.165) is 15.9 Å². The molecule has 20 heavy (non-hydrogen) atoms. The number of ether oxygens (including phenoxy) is 1. The number of aromatic nitrogens is 2. The van der Waals surface area contributed by atoms with Crippen molar-refractivity contribution in [1.29, 1.82) is 0 Å². The van der Waals surface area contributed by atoms with Crippen molar-refractivity contribution in [2.24, 2.45) is 0 Å². The minimum Gasteiger partial charge on any atom is -0.482 e. The highest BCUT2D eigenvalue weighted by Gasteiger charge is 2.09. The van der Waals surface area contributed by atoms with Gasteiger partial charge in [0.15, 0.2) is 6.61 Å². The summed E-state index contributed by atoms with van der Waals surface area (Å²) in [7, 11) is 0. The molecule has 0 radical (unpaired) electrons. The third kappa shape index (κ3) is 4.16. The normalized spacial score (nSPS) is 10.3. The Morgan fingerprint density at radius 3 is 2.95 bits per heavy atom. The van der Waals surface area contributed by atoms with Gasteiger partial charge < -0.3 is 4.74 Å². The third-order valence-electron chi connectivity index (χ3n) is 2.27. The first kappa shape index (κ1) is 15.2. The minimum absolute atomic E-state index is 0.137. The Labute approximate surface area is 133 Å². The number of rotatable bonds is 5. The van der Waals surface area contributed by atoms with E-state index in [-0.39, 0.29) is 12.5 Å². The van der Waals surface area contributed by atoms with Gasteiger partial charge in [0.05, 0.1) is 5.02 Å². The van der Waals surface area contributed by atoms with E-state index < -0.39 is 0 Å². The Hall–Kier alpha value is -1.18. The van der Waals surface area contributed by atoms with Crippen LogP contribution in [0, 0.1) is 0 Å². The molecule has 106 valence electrons. The first-order valence-electron chi connectivity index (χ1n) is 5.78. The maximum Gasteiger partial charge on any atom is 0.264 e. The molecule has 0 aliphatic heterocycles. The van der Waals surface area contributed by atoms with Crippen LogP contribution in [0.1, 0.15) is 11.9 Å². The Morgan fingerprint density at radius 1 is 1.50 bits per heavy atom. The van der Waals surface area contributed by atoms with E-state index in [1.54, 1.807) is 18.2 Å². The van der Waals surface area contributed by atoms with Crippen molar-refractivity contribution < 1.29 is 9.53 Å². The van der Waals surface area contributed by atoms with E-state index in [1.165, 1.54) is 11.3 Å². The fourth-order valence-corrected chi connectivity index (χ4v) is 2.76. The number of aryl methyl sites for hydroxylation is 1. The number of benzene rings is 1. The molecule has 0 aliphatic rings. The van der Waals surface area contributed by atoms with E-state index in [9.17, 15) is 4.79 Å². The zero-order chi connectivity index (χ0) is 14.5. The summed E-state index contributed by atoms with van der Waals surface area (Å²) in [5.74, 6) is 0.152. The smallest absolute Gasteiger partial charge is 0.264 e. The lowest BCUT2D eigenvalue weighted by molar-refractivity contribution is -0.118. The summed E-state index contributed by atoms with van der Waals surface area (Å²) in [6.07, 6.45) is 0.790. The molecule has 2 aromatic rings. The predicted molar refractivity (Wildman–Crippen MR) is 82.6 cm³/mol. The van der Waals surface area contributed by atoms with Crippen LogP contribution in [0.3, 0.4) is 0 Å². The maximum atomic E-state index is 11.7. The minimum atomic E-state index is -0.303. The average molecular weight is 377 g/mol. The molecule has 0 atom stereocenters. The Balaban J connectivity index is 1.88. The molecule has 0 saturated heterocycles. The van der Waals surface area contributed by atoms with Gasteiger partial charge in [-0.1, -0.05) is 45.8 Å². The summed E-state index contributed by atoms with van der Waals surface area (Å²) in [6.45, 7) is 1.84. The maximum absolute atomic E-state index is 11.7. The van der Waals surface area contributed by atoms with Crippen molar-refractivity contribution in [2.75, 3.05) is 11.9 Å². The quantitative estimate of drug-likeness (QED) is 0.867.